The van der Waals surface area contributed by atoms with Crippen LogP contribution in [0.15, 0.2) is 54.6 Å². The molecule has 4 atom stereocenters. The van der Waals surface area contributed by atoms with Gasteiger partial charge in [0.05, 0.1) is 12.5 Å². The molecule has 4 nitrogen and oxygen atoms in total. The number of fused-ring (bicyclic) bond motifs is 2. The Morgan fingerprint density at radius 1 is 1.07 bits per heavy atom. The number of benzene rings is 2. The number of halogens is 1. The molecule has 2 aromatic carbocycles. The molecule has 0 radical (unpaired) electrons. The van der Waals surface area contributed by atoms with E-state index in [2.05, 4.69) is 11.9 Å². The van der Waals surface area contributed by atoms with Gasteiger partial charge in [-0.2, -0.15) is 0 Å². The second-order valence-corrected chi connectivity index (χ2v) is 8.31. The molecule has 154 valence electrons. The van der Waals surface area contributed by atoms with Crippen LogP contribution in [0.25, 0.3) is 0 Å². The molecule has 2 bridgehead atoms. The first-order valence-corrected chi connectivity index (χ1v) is 10.4. The maximum absolute atomic E-state index is 13.4. The van der Waals surface area contributed by atoms with E-state index in [0.29, 0.717) is 12.1 Å². The largest absolute Gasteiger partial charge is 0.462 e. The van der Waals surface area contributed by atoms with E-state index < -0.39 is 11.8 Å². The van der Waals surface area contributed by atoms with Gasteiger partial charge in [-0.15, -0.1) is 0 Å². The fourth-order valence-corrected chi connectivity index (χ4v) is 5.00. The average Bonchev–Trinajstić information content (AvgIpc) is 2.94. The molecule has 2 aliphatic rings. The number of hydrogen-bond donors (Lipinski definition) is 1. The highest BCUT2D eigenvalue weighted by molar-refractivity contribution is 5.80. The fraction of sp³-hybridized carbons (Fsp3) is 0.458. The first kappa shape index (κ1) is 20.0. The summed E-state index contributed by atoms with van der Waals surface area (Å²) < 4.78 is 19.4. The molecule has 2 heterocycles. The number of carbonyl (C=O) groups is 1. The lowest BCUT2D eigenvalue weighted by molar-refractivity contribution is -0.155. The van der Waals surface area contributed by atoms with Crippen molar-refractivity contribution in [1.82, 2.24) is 4.90 Å². The molecule has 0 saturated carbocycles. The van der Waals surface area contributed by atoms with Crippen molar-refractivity contribution in [3.05, 3.63) is 71.5 Å². The Bertz CT molecular complexity index is 812. The molecule has 0 aliphatic carbocycles. The zero-order chi connectivity index (χ0) is 20.4. The van der Waals surface area contributed by atoms with Crippen molar-refractivity contribution < 1.29 is 19.0 Å². The van der Waals surface area contributed by atoms with Gasteiger partial charge in [0.25, 0.3) is 0 Å². The summed E-state index contributed by atoms with van der Waals surface area (Å²) in [5.41, 5.74) is 1.53. The third-order valence-corrected chi connectivity index (χ3v) is 6.65. The van der Waals surface area contributed by atoms with Gasteiger partial charge in [0.1, 0.15) is 11.9 Å². The molecule has 0 amide bonds. The van der Waals surface area contributed by atoms with Crippen LogP contribution in [0.1, 0.15) is 48.6 Å². The predicted octanol–water partition coefficient (Wildman–Crippen LogP) is 3.85. The Labute approximate surface area is 171 Å². The van der Waals surface area contributed by atoms with Gasteiger partial charge in [0, 0.05) is 18.0 Å². The normalized spacial score (nSPS) is 26.1. The minimum absolute atomic E-state index is 0.0880. The number of ether oxygens (including phenoxy) is 1. The monoisotopic (exact) mass is 397 g/mol. The van der Waals surface area contributed by atoms with Crippen LogP contribution in [-0.2, 0) is 9.53 Å². The lowest BCUT2D eigenvalue weighted by atomic mass is 9.81. The summed E-state index contributed by atoms with van der Waals surface area (Å²) in [7, 11) is 2.16. The quantitative estimate of drug-likeness (QED) is 0.752. The third-order valence-electron chi connectivity index (χ3n) is 6.65. The molecule has 2 fully saturated rings. The first-order valence-electron chi connectivity index (χ1n) is 10.4. The molecule has 1 N–H and O–H groups in total. The highest BCUT2D eigenvalue weighted by Crippen LogP contribution is 2.38. The molecule has 29 heavy (non-hydrogen) atoms. The van der Waals surface area contributed by atoms with Crippen LogP contribution in [-0.4, -0.2) is 47.8 Å². The van der Waals surface area contributed by atoms with Crippen molar-refractivity contribution >= 4 is 5.97 Å². The van der Waals surface area contributed by atoms with E-state index >= 15 is 0 Å². The van der Waals surface area contributed by atoms with Gasteiger partial charge < -0.3 is 14.7 Å². The second kappa shape index (κ2) is 8.64. The molecule has 2 aliphatic heterocycles. The third kappa shape index (κ3) is 4.21. The van der Waals surface area contributed by atoms with Crippen LogP contribution in [0.2, 0.25) is 0 Å². The summed E-state index contributed by atoms with van der Waals surface area (Å²) in [6, 6.07) is 16.4. The minimum atomic E-state index is -0.635. The van der Waals surface area contributed by atoms with E-state index in [-0.39, 0.29) is 24.5 Å². The number of hydrogen-bond acceptors (Lipinski definition) is 4. The Balaban J connectivity index is 1.58. The summed E-state index contributed by atoms with van der Waals surface area (Å²) in [6.45, 7) is -0.223. The van der Waals surface area contributed by atoms with Crippen molar-refractivity contribution in [3.63, 3.8) is 0 Å². The molecule has 2 aromatic rings. The first-order chi connectivity index (χ1) is 14.1. The van der Waals surface area contributed by atoms with E-state index in [1.54, 1.807) is 12.1 Å². The zero-order valence-corrected chi connectivity index (χ0v) is 16.7. The summed E-state index contributed by atoms with van der Waals surface area (Å²) in [4.78, 5) is 15.8. The smallest absolute Gasteiger partial charge is 0.314 e. The number of nitrogens with zero attached hydrogens (tertiary/aromatic N) is 1. The number of aliphatic hydroxyl groups excluding tert-OH is 1. The van der Waals surface area contributed by atoms with Crippen molar-refractivity contribution in [2.45, 2.75) is 55.7 Å². The van der Waals surface area contributed by atoms with Gasteiger partial charge in [-0.3, -0.25) is 4.79 Å². The molecular weight excluding hydrogens is 369 g/mol. The fourth-order valence-electron chi connectivity index (χ4n) is 5.00. The Kier molecular flexibility index (Phi) is 5.97. The van der Waals surface area contributed by atoms with Gasteiger partial charge in [-0.1, -0.05) is 42.5 Å². The maximum Gasteiger partial charge on any atom is 0.314 e. The van der Waals surface area contributed by atoms with Crippen molar-refractivity contribution in [2.75, 3.05) is 13.7 Å². The zero-order valence-electron chi connectivity index (χ0n) is 16.7. The lowest BCUT2D eigenvalue weighted by Gasteiger charge is -2.36. The second-order valence-electron chi connectivity index (χ2n) is 8.31. The molecule has 0 aromatic heterocycles. The summed E-state index contributed by atoms with van der Waals surface area (Å²) in [6.07, 6.45) is 3.95. The maximum atomic E-state index is 13.4. The number of rotatable bonds is 6. The molecule has 4 rings (SSSR count). The predicted molar refractivity (Wildman–Crippen MR) is 109 cm³/mol. The molecule has 2 saturated heterocycles. The van der Waals surface area contributed by atoms with E-state index in [1.807, 2.05) is 30.3 Å². The van der Waals surface area contributed by atoms with E-state index in [4.69, 9.17) is 4.74 Å². The van der Waals surface area contributed by atoms with Crippen molar-refractivity contribution in [1.29, 1.82) is 0 Å². The van der Waals surface area contributed by atoms with Crippen LogP contribution in [0.4, 0.5) is 4.39 Å². The Hall–Kier alpha value is -2.24. The van der Waals surface area contributed by atoms with Crippen LogP contribution in [0.3, 0.4) is 0 Å². The van der Waals surface area contributed by atoms with Gasteiger partial charge >= 0.3 is 5.97 Å². The highest BCUT2D eigenvalue weighted by Gasteiger charge is 2.41. The summed E-state index contributed by atoms with van der Waals surface area (Å²) in [5.74, 6) is -1.78. The van der Waals surface area contributed by atoms with Crippen LogP contribution in [0.5, 0.6) is 0 Å². The van der Waals surface area contributed by atoms with E-state index in [1.165, 1.54) is 12.1 Å². The van der Waals surface area contributed by atoms with Crippen molar-refractivity contribution in [2.24, 2.45) is 0 Å². The van der Waals surface area contributed by atoms with Crippen LogP contribution in [0, 0.1) is 5.82 Å². The molecule has 5 heteroatoms. The standard InChI is InChI=1S/C24H28FNO3/c1-26-19-11-12-20(26)14-21(13-19)29-24(28)23(17-5-3-2-4-6-17)22(15-27)16-7-9-18(25)10-8-16/h2-10,19-23,27H,11-15H2,1H3. The lowest BCUT2D eigenvalue weighted by Crippen LogP contribution is -2.44. The SMILES string of the molecule is CN1C2CCC1CC(OC(=O)C(c1ccccc1)C(CO)c1ccc(F)cc1)C2. The highest BCUT2D eigenvalue weighted by atomic mass is 19.1. The van der Waals surface area contributed by atoms with Gasteiger partial charge in [-0.25, -0.2) is 4.39 Å². The van der Waals surface area contributed by atoms with E-state index in [0.717, 1.165) is 36.8 Å². The van der Waals surface area contributed by atoms with Crippen molar-refractivity contribution in [3.8, 4) is 0 Å². The number of esters is 1. The number of piperidine rings is 1. The summed E-state index contributed by atoms with van der Waals surface area (Å²) in [5, 5.41) is 10.2. The minimum Gasteiger partial charge on any atom is -0.462 e. The number of carbonyl (C=O) groups excluding carboxylic acids is 1. The number of aliphatic hydroxyl groups is 1. The molecular formula is C24H28FNO3. The topological polar surface area (TPSA) is 49.8 Å². The van der Waals surface area contributed by atoms with E-state index in [9.17, 15) is 14.3 Å². The van der Waals surface area contributed by atoms with Crippen LogP contribution < -0.4 is 0 Å². The van der Waals surface area contributed by atoms with Gasteiger partial charge in [0.15, 0.2) is 0 Å². The average molecular weight is 397 g/mol. The Morgan fingerprint density at radius 2 is 1.69 bits per heavy atom. The molecule has 0 spiro atoms. The molecule has 4 unspecified atom stereocenters. The van der Waals surface area contributed by atoms with Crippen LogP contribution >= 0.6 is 0 Å². The summed E-state index contributed by atoms with van der Waals surface area (Å²) >= 11 is 0. The van der Waals surface area contributed by atoms with Gasteiger partial charge in [-0.05, 0) is 56.0 Å². The Morgan fingerprint density at radius 3 is 2.28 bits per heavy atom. The van der Waals surface area contributed by atoms with Gasteiger partial charge in [0.2, 0.25) is 0 Å².